The first-order chi connectivity index (χ1) is 37.5. The highest BCUT2D eigenvalue weighted by molar-refractivity contribution is 5.02. The third kappa shape index (κ3) is 14.1. The maximum atomic E-state index is 12.2. The maximum Gasteiger partial charge on any atom is 0.187 e. The smallest absolute Gasteiger partial charge is 0.187 e. The van der Waals surface area contributed by atoms with Gasteiger partial charge in [0.15, 0.2) is 37.7 Å². The first kappa shape index (κ1) is 64.4. The van der Waals surface area contributed by atoms with Crippen molar-refractivity contribution in [2.75, 3.05) is 59.5 Å². The van der Waals surface area contributed by atoms with E-state index >= 15 is 0 Å². The second-order valence-electron chi connectivity index (χ2n) is 20.4. The third-order valence-electron chi connectivity index (χ3n) is 15.0. The van der Waals surface area contributed by atoms with Gasteiger partial charge in [0.1, 0.15) is 146 Å². The number of aliphatic hydroxyl groups excluding tert-OH is 15. The molecule has 22 aliphatic heterocycles. The molecule has 0 saturated carbocycles. The second-order valence-corrected chi connectivity index (χ2v) is 20.4. The summed E-state index contributed by atoms with van der Waals surface area (Å²) in [6.45, 7) is 0.248. The second kappa shape index (κ2) is 30.0. The Hall–Kier alpha value is -1.20. The Labute approximate surface area is 449 Å². The molecule has 0 aromatic heterocycles. The zero-order valence-corrected chi connectivity index (χ0v) is 43.8. The monoisotopic (exact) mass is 1140 g/mol. The van der Waals surface area contributed by atoms with Gasteiger partial charge >= 0.3 is 0 Å². The molecule has 0 aromatic carbocycles. The first-order valence-corrected chi connectivity index (χ1v) is 27.0. The molecule has 15 N–H and O–H groups in total. The van der Waals surface area contributed by atoms with Crippen LogP contribution in [-0.4, -0.2) is 320 Å². The molecule has 0 amide bonds. The minimum atomic E-state index is -2.12. The van der Waals surface area contributed by atoms with Gasteiger partial charge < -0.3 is 148 Å². The van der Waals surface area contributed by atoms with Gasteiger partial charge in [-0.1, -0.05) is 40.0 Å². The molecule has 0 unspecified atom stereocenters. The Morgan fingerprint density at radius 1 is 0.256 bits per heavy atom. The SMILES string of the molecule is CCCCO[C@@H]1[C@@H](O)[C@H]2O[C@@H]3[C@H](OCCCC)[C@@H](O)[C@@H](O[C@@H]4[C@H](OCCCC)[C@@H](O)[C@@H](O[C@H]5[C@H](O)[C@@H](O)[C@@H](O[C@H]6[C@H](O)[C@@H](O)[C@@H](O[C@H]7[C@H](O)[C@@H](O)[C@@H](O[C@H]1[C@@H](CO)O2)O[C@@H]7CO)O[C@@H]6CO)O[C@@H]5CO)O[C@@H]4CO)O[C@@H]3CO. The fourth-order valence-electron chi connectivity index (χ4n) is 10.5. The topological polar surface area (TPSA) is 442 Å². The molecule has 0 aliphatic carbocycles. The Morgan fingerprint density at radius 3 is 0.654 bits per heavy atom. The zero-order valence-electron chi connectivity index (χ0n) is 43.8. The van der Waals surface area contributed by atoms with Crippen LogP contribution < -0.4 is 0 Å². The van der Waals surface area contributed by atoms with E-state index in [1.165, 1.54) is 0 Å². The molecule has 22 aliphatic rings. The van der Waals surface area contributed by atoms with E-state index in [2.05, 4.69) is 0 Å². The van der Waals surface area contributed by atoms with Gasteiger partial charge in [0.25, 0.3) is 0 Å². The van der Waals surface area contributed by atoms with Crippen molar-refractivity contribution in [2.24, 2.45) is 0 Å². The number of hydrogen-bond donors (Lipinski definition) is 15. The van der Waals surface area contributed by atoms with Crippen LogP contribution in [0.15, 0.2) is 0 Å². The van der Waals surface area contributed by atoms with Crippen molar-refractivity contribution < 1.29 is 148 Å². The van der Waals surface area contributed by atoms with E-state index in [-0.39, 0.29) is 19.8 Å². The lowest BCUT2D eigenvalue weighted by atomic mass is 9.94. The van der Waals surface area contributed by atoms with Crippen LogP contribution >= 0.6 is 0 Å². The summed E-state index contributed by atoms with van der Waals surface area (Å²) in [5, 5.41) is 169. The highest BCUT2D eigenvalue weighted by Crippen LogP contribution is 2.39. The average molecular weight is 1140 g/mol. The lowest BCUT2D eigenvalue weighted by molar-refractivity contribution is -0.406. The van der Waals surface area contributed by atoms with Crippen molar-refractivity contribution in [1.29, 1.82) is 0 Å². The van der Waals surface area contributed by atoms with E-state index in [9.17, 15) is 76.6 Å². The molecule has 30 heteroatoms. The lowest BCUT2D eigenvalue weighted by Crippen LogP contribution is -2.69. The van der Waals surface area contributed by atoms with Gasteiger partial charge in [-0.3, -0.25) is 0 Å². The van der Waals surface area contributed by atoms with Crippen molar-refractivity contribution in [2.45, 2.75) is 244 Å². The summed E-state index contributed by atoms with van der Waals surface area (Å²) in [6.07, 6.45) is -49.5. The average Bonchev–Trinajstić information content (AvgIpc) is 3.47. The van der Waals surface area contributed by atoms with Gasteiger partial charge in [-0.05, 0) is 19.3 Å². The predicted octanol–water partition coefficient (Wildman–Crippen LogP) is -7.58. The van der Waals surface area contributed by atoms with E-state index in [0.29, 0.717) is 38.5 Å². The van der Waals surface area contributed by atoms with Crippen LogP contribution in [-0.2, 0) is 71.1 Å². The summed E-state index contributed by atoms with van der Waals surface area (Å²) >= 11 is 0. The molecule has 22 saturated heterocycles. The molecule has 0 spiro atoms. The van der Waals surface area contributed by atoms with Crippen LogP contribution in [0.4, 0.5) is 0 Å². The molecule has 22 rings (SSSR count). The van der Waals surface area contributed by atoms with Crippen LogP contribution in [0.3, 0.4) is 0 Å². The van der Waals surface area contributed by atoms with Crippen molar-refractivity contribution in [3.63, 3.8) is 0 Å². The predicted molar refractivity (Wildman–Crippen MR) is 252 cm³/mol. The van der Waals surface area contributed by atoms with Crippen molar-refractivity contribution >= 4 is 0 Å². The van der Waals surface area contributed by atoms with Crippen LogP contribution in [0.1, 0.15) is 59.3 Å². The van der Waals surface area contributed by atoms with E-state index in [0.717, 1.165) is 0 Å². The number of ether oxygens (including phenoxy) is 15. The summed E-state index contributed by atoms with van der Waals surface area (Å²) in [6, 6.07) is 0. The summed E-state index contributed by atoms with van der Waals surface area (Å²) < 4.78 is 90.9. The van der Waals surface area contributed by atoms with Crippen molar-refractivity contribution in [1.82, 2.24) is 0 Å². The minimum Gasteiger partial charge on any atom is -0.394 e. The third-order valence-corrected chi connectivity index (χ3v) is 15.0. The van der Waals surface area contributed by atoms with Gasteiger partial charge in [-0.2, -0.15) is 0 Å². The Kier molecular flexibility index (Phi) is 24.8. The summed E-state index contributed by atoms with van der Waals surface area (Å²) in [7, 11) is 0. The highest BCUT2D eigenvalue weighted by Gasteiger charge is 2.59. The molecule has 0 radical (unpaired) electrons. The van der Waals surface area contributed by atoms with E-state index in [4.69, 9.17) is 71.1 Å². The lowest BCUT2D eigenvalue weighted by Gasteiger charge is -2.51. The van der Waals surface area contributed by atoms with Crippen LogP contribution in [0.2, 0.25) is 0 Å². The van der Waals surface area contributed by atoms with Gasteiger partial charge in [0.2, 0.25) is 0 Å². The number of aliphatic hydroxyl groups is 15. The minimum absolute atomic E-state index is 0.00182. The van der Waals surface area contributed by atoms with Crippen LogP contribution in [0.25, 0.3) is 0 Å². The van der Waals surface area contributed by atoms with Gasteiger partial charge in [0.05, 0.1) is 39.6 Å². The fraction of sp³-hybridized carbons (Fsp3) is 1.00. The molecular formula is C48H84O30. The molecule has 0 aromatic rings. The summed E-state index contributed by atoms with van der Waals surface area (Å²) in [5.41, 5.74) is 0. The molecule has 22 fully saturated rings. The van der Waals surface area contributed by atoms with Crippen molar-refractivity contribution in [3.8, 4) is 0 Å². The van der Waals surface area contributed by atoms with Crippen LogP contribution in [0.5, 0.6) is 0 Å². The Balaban J connectivity index is 1.27. The quantitative estimate of drug-likeness (QED) is 0.0567. The Bertz CT molecular complexity index is 1710. The van der Waals surface area contributed by atoms with Gasteiger partial charge in [-0.15, -0.1) is 0 Å². The molecule has 78 heavy (non-hydrogen) atoms. The molecule has 22 heterocycles. The normalized spacial score (nSPS) is 48.7. The van der Waals surface area contributed by atoms with Gasteiger partial charge in [0, 0.05) is 19.8 Å². The van der Waals surface area contributed by atoms with E-state index < -0.39 is 224 Å². The first-order valence-electron chi connectivity index (χ1n) is 27.0. The van der Waals surface area contributed by atoms with Crippen LogP contribution in [0, 0.1) is 0 Å². The number of hydrogen-bond acceptors (Lipinski definition) is 30. The number of unbranched alkanes of at least 4 members (excludes halogenated alkanes) is 3. The summed E-state index contributed by atoms with van der Waals surface area (Å²) in [5.74, 6) is 0. The van der Waals surface area contributed by atoms with Crippen molar-refractivity contribution in [3.05, 3.63) is 0 Å². The largest absolute Gasteiger partial charge is 0.394 e. The molecule has 30 atom stereocenters. The molecule has 456 valence electrons. The fourth-order valence-corrected chi connectivity index (χ4v) is 10.5. The molecule has 12 bridgehead atoms. The Morgan fingerprint density at radius 2 is 0.449 bits per heavy atom. The summed E-state index contributed by atoms with van der Waals surface area (Å²) in [4.78, 5) is 0. The zero-order chi connectivity index (χ0) is 56.5. The molecule has 30 nitrogen and oxygen atoms in total. The highest BCUT2D eigenvalue weighted by atomic mass is 16.8. The maximum absolute atomic E-state index is 12.2. The number of rotatable bonds is 18. The van der Waals surface area contributed by atoms with Gasteiger partial charge in [-0.25, -0.2) is 0 Å². The molecular weight excluding hydrogens is 1060 g/mol. The van der Waals surface area contributed by atoms with E-state index in [1.807, 2.05) is 20.8 Å². The van der Waals surface area contributed by atoms with E-state index in [1.54, 1.807) is 0 Å². The standard InChI is InChI=1S/C48H84O30/c1-4-7-10-64-40-31(61)46-70-23(17-53)38(40)77-48-33(63)42(66-12-9-6-3)39(24(18-54)72-48)78-47-32(62)41(65-11-8-5-2)37(22(16-52)71-47)76-45-30(60)27(57)35(20(14-50)69-45)74-43-28(58)25(55)34(19(13-49)67-43)73-44-29(59)26(56)36(75-46)21(15-51)68-44/h19-63H,4-18H2,1-3H3/t19-,20-,21-,22-,23-,24-,25-,26-,27-,28-,29-,30-,31-,32-,33-,34-,35-,36-,37+,38+,39+,40-,41-,42-,43-,44-,45-,46-,47-,48-/m1/s1.